The number of carbonyl (C=O) groups excluding carboxylic acids is 1. The number of esters is 1. The van der Waals surface area contributed by atoms with Gasteiger partial charge in [0, 0.05) is 16.8 Å². The van der Waals surface area contributed by atoms with Crippen molar-refractivity contribution in [1.29, 1.82) is 0 Å². The number of hydrogen-bond acceptors (Lipinski definition) is 4. The average Bonchev–Trinajstić information content (AvgIpc) is 2.46. The number of rotatable bonds is 4. The predicted molar refractivity (Wildman–Crippen MR) is 93.3 cm³/mol. The maximum Gasteiger partial charge on any atom is 0.311 e. The van der Waals surface area contributed by atoms with Crippen molar-refractivity contribution in [2.24, 2.45) is 0 Å². The third-order valence-electron chi connectivity index (χ3n) is 3.33. The second kappa shape index (κ2) is 7.18. The molecule has 0 saturated carbocycles. The van der Waals surface area contributed by atoms with Crippen LogP contribution in [-0.2, 0) is 22.5 Å². The van der Waals surface area contributed by atoms with Crippen LogP contribution in [-0.4, -0.2) is 21.1 Å². The van der Waals surface area contributed by atoms with Crippen LogP contribution in [0.1, 0.15) is 37.7 Å². The lowest BCUT2D eigenvalue weighted by Crippen LogP contribution is -2.31. The first-order valence-electron chi connectivity index (χ1n) is 7.67. The zero-order valence-corrected chi connectivity index (χ0v) is 15.1. The Morgan fingerprint density at radius 1 is 1.25 bits per heavy atom. The lowest BCUT2D eigenvalue weighted by molar-refractivity contribution is -0.153. The third kappa shape index (κ3) is 4.93. The van der Waals surface area contributed by atoms with Gasteiger partial charge in [-0.15, -0.1) is 0 Å². The van der Waals surface area contributed by atoms with Gasteiger partial charge in [0.1, 0.15) is 11.4 Å². The Labute approximate surface area is 146 Å². The second-order valence-corrected chi connectivity index (χ2v) is 7.05. The molecule has 0 unspecified atom stereocenters. The molecular formula is C18H21ClN2O3. The fourth-order valence-corrected chi connectivity index (χ4v) is 2.36. The molecule has 0 N–H and O–H groups in total. The van der Waals surface area contributed by atoms with Crippen molar-refractivity contribution < 1.29 is 9.53 Å². The molecular weight excluding hydrogens is 328 g/mol. The van der Waals surface area contributed by atoms with Crippen LogP contribution in [0.2, 0.25) is 5.02 Å². The molecule has 6 heteroatoms. The minimum Gasteiger partial charge on any atom is -0.460 e. The molecule has 1 aromatic carbocycles. The number of nitrogens with zero attached hydrogens (tertiary/aromatic N) is 2. The first-order valence-corrected chi connectivity index (χ1v) is 8.05. The molecule has 0 bridgehead atoms. The normalized spacial score (nSPS) is 11.4. The first-order chi connectivity index (χ1) is 11.2. The Balaban J connectivity index is 2.25. The molecule has 0 amide bonds. The summed E-state index contributed by atoms with van der Waals surface area (Å²) in [5.74, 6) is 0.145. The van der Waals surface area contributed by atoms with Crippen molar-refractivity contribution in [1.82, 2.24) is 9.55 Å². The Bertz CT molecular complexity index is 789. The summed E-state index contributed by atoms with van der Waals surface area (Å²) in [7, 11) is 0. The summed E-state index contributed by atoms with van der Waals surface area (Å²) in [6.07, 6.45) is 1.35. The summed E-state index contributed by atoms with van der Waals surface area (Å²) in [5.41, 5.74) is 0.435. The van der Waals surface area contributed by atoms with Gasteiger partial charge in [-0.2, -0.15) is 0 Å². The monoisotopic (exact) mass is 348 g/mol. The molecule has 5 nitrogen and oxygen atoms in total. The molecule has 24 heavy (non-hydrogen) atoms. The number of ether oxygens (including phenoxy) is 1. The topological polar surface area (TPSA) is 61.2 Å². The SMILES string of the molecule is Cc1ncc(CC(=O)OC(C)(C)C)c(=O)n1Cc1ccc(Cl)cc1. The zero-order valence-electron chi connectivity index (χ0n) is 14.3. The molecule has 0 spiro atoms. The van der Waals surface area contributed by atoms with Gasteiger partial charge in [-0.25, -0.2) is 4.98 Å². The van der Waals surface area contributed by atoms with Crippen LogP contribution >= 0.6 is 11.6 Å². The number of aryl methyl sites for hydroxylation is 1. The van der Waals surface area contributed by atoms with Crippen LogP contribution in [0, 0.1) is 6.92 Å². The van der Waals surface area contributed by atoms with E-state index in [2.05, 4.69) is 4.98 Å². The molecule has 0 aliphatic heterocycles. The molecule has 0 fully saturated rings. The molecule has 0 atom stereocenters. The van der Waals surface area contributed by atoms with Crippen molar-refractivity contribution in [3.8, 4) is 0 Å². The highest BCUT2D eigenvalue weighted by molar-refractivity contribution is 6.30. The van der Waals surface area contributed by atoms with Gasteiger partial charge < -0.3 is 4.74 Å². The van der Waals surface area contributed by atoms with Gasteiger partial charge in [0.2, 0.25) is 0 Å². The van der Waals surface area contributed by atoms with E-state index in [1.165, 1.54) is 6.20 Å². The maximum absolute atomic E-state index is 12.7. The minimum absolute atomic E-state index is 0.0933. The summed E-state index contributed by atoms with van der Waals surface area (Å²) in [4.78, 5) is 28.8. The van der Waals surface area contributed by atoms with Gasteiger partial charge in [-0.05, 0) is 45.4 Å². The second-order valence-electron chi connectivity index (χ2n) is 6.61. The molecule has 2 rings (SSSR count). The van der Waals surface area contributed by atoms with E-state index < -0.39 is 11.6 Å². The molecule has 0 aliphatic rings. The summed E-state index contributed by atoms with van der Waals surface area (Å²) >= 11 is 5.88. The smallest absolute Gasteiger partial charge is 0.311 e. The predicted octanol–water partition coefficient (Wildman–Crippen LogP) is 3.14. The highest BCUT2D eigenvalue weighted by Crippen LogP contribution is 2.11. The van der Waals surface area contributed by atoms with Crippen LogP contribution in [0.25, 0.3) is 0 Å². The molecule has 0 aliphatic carbocycles. The van der Waals surface area contributed by atoms with Crippen molar-refractivity contribution >= 4 is 17.6 Å². The fraction of sp³-hybridized carbons (Fsp3) is 0.389. The zero-order chi connectivity index (χ0) is 17.9. The Morgan fingerprint density at radius 3 is 2.46 bits per heavy atom. The number of hydrogen-bond donors (Lipinski definition) is 0. The Kier molecular flexibility index (Phi) is 5.44. The van der Waals surface area contributed by atoms with E-state index in [9.17, 15) is 9.59 Å². The quantitative estimate of drug-likeness (QED) is 0.796. The van der Waals surface area contributed by atoms with Crippen molar-refractivity contribution in [2.45, 2.75) is 46.3 Å². The minimum atomic E-state index is -0.586. The Morgan fingerprint density at radius 2 is 1.88 bits per heavy atom. The van der Waals surface area contributed by atoms with E-state index in [1.807, 2.05) is 12.1 Å². The van der Waals surface area contributed by atoms with E-state index in [0.29, 0.717) is 23.0 Å². The van der Waals surface area contributed by atoms with Crippen molar-refractivity contribution in [2.75, 3.05) is 0 Å². The molecule has 0 saturated heterocycles. The first kappa shape index (κ1) is 18.2. The fourth-order valence-electron chi connectivity index (χ4n) is 2.23. The number of halogens is 1. The highest BCUT2D eigenvalue weighted by atomic mass is 35.5. The lowest BCUT2D eigenvalue weighted by Gasteiger charge is -2.19. The van der Waals surface area contributed by atoms with Crippen LogP contribution < -0.4 is 5.56 Å². The largest absolute Gasteiger partial charge is 0.460 e. The molecule has 1 aromatic heterocycles. The number of aromatic nitrogens is 2. The molecule has 0 radical (unpaired) electrons. The third-order valence-corrected chi connectivity index (χ3v) is 3.58. The highest BCUT2D eigenvalue weighted by Gasteiger charge is 2.19. The van der Waals surface area contributed by atoms with Crippen LogP contribution in [0.4, 0.5) is 0 Å². The van der Waals surface area contributed by atoms with Gasteiger partial charge in [-0.1, -0.05) is 23.7 Å². The van der Waals surface area contributed by atoms with Crippen molar-refractivity contribution in [3.05, 3.63) is 62.8 Å². The van der Waals surface area contributed by atoms with Crippen molar-refractivity contribution in [3.63, 3.8) is 0 Å². The summed E-state index contributed by atoms with van der Waals surface area (Å²) in [6.45, 7) is 7.50. The Hall–Kier alpha value is -2.14. The molecule has 2 aromatic rings. The summed E-state index contributed by atoms with van der Waals surface area (Å²) < 4.78 is 6.81. The van der Waals surface area contributed by atoms with Crippen LogP contribution in [0.3, 0.4) is 0 Å². The average molecular weight is 349 g/mol. The van der Waals surface area contributed by atoms with Gasteiger partial charge >= 0.3 is 5.97 Å². The molecule has 128 valence electrons. The lowest BCUT2D eigenvalue weighted by atomic mass is 10.1. The van der Waals surface area contributed by atoms with Gasteiger partial charge in [0.25, 0.3) is 5.56 Å². The summed E-state index contributed by atoms with van der Waals surface area (Å²) in [6, 6.07) is 7.26. The summed E-state index contributed by atoms with van der Waals surface area (Å²) in [5, 5.41) is 0.639. The van der Waals surface area contributed by atoms with E-state index in [0.717, 1.165) is 5.56 Å². The van der Waals surface area contributed by atoms with E-state index in [4.69, 9.17) is 16.3 Å². The van der Waals surface area contributed by atoms with Crippen LogP contribution in [0.15, 0.2) is 35.3 Å². The van der Waals surface area contributed by atoms with Gasteiger partial charge in [0.15, 0.2) is 0 Å². The molecule has 1 heterocycles. The maximum atomic E-state index is 12.7. The van der Waals surface area contributed by atoms with E-state index in [-0.39, 0.29) is 12.0 Å². The van der Waals surface area contributed by atoms with Gasteiger partial charge in [-0.3, -0.25) is 14.2 Å². The standard InChI is InChI=1S/C18H21ClN2O3/c1-12-20-10-14(9-16(22)24-18(2,3)4)17(23)21(12)11-13-5-7-15(19)8-6-13/h5-8,10H,9,11H2,1-4H3. The number of benzene rings is 1. The van der Waals surface area contributed by atoms with E-state index in [1.54, 1.807) is 44.4 Å². The number of carbonyl (C=O) groups is 1. The van der Waals surface area contributed by atoms with Gasteiger partial charge in [0.05, 0.1) is 13.0 Å². The van der Waals surface area contributed by atoms with E-state index >= 15 is 0 Å². The van der Waals surface area contributed by atoms with Crippen LogP contribution in [0.5, 0.6) is 0 Å².